The highest BCUT2D eigenvalue weighted by Gasteiger charge is 2.39. The van der Waals surface area contributed by atoms with E-state index in [9.17, 15) is 9.90 Å². The quantitative estimate of drug-likeness (QED) is 0.245. The van der Waals surface area contributed by atoms with Crippen molar-refractivity contribution in [3.05, 3.63) is 63.8 Å². The summed E-state index contributed by atoms with van der Waals surface area (Å²) in [5.41, 5.74) is 2.09. The third-order valence-corrected chi connectivity index (χ3v) is 7.96. The van der Waals surface area contributed by atoms with Crippen molar-refractivity contribution in [3.8, 4) is 17.2 Å². The summed E-state index contributed by atoms with van der Waals surface area (Å²) < 4.78 is 16.9. The number of nitrogens with zero attached hydrogens (tertiary/aromatic N) is 1. The molecule has 0 unspecified atom stereocenters. The molecule has 1 fully saturated rings. The lowest BCUT2D eigenvalue weighted by Crippen LogP contribution is -2.39. The fourth-order valence-corrected chi connectivity index (χ4v) is 6.16. The zero-order valence-electron chi connectivity index (χ0n) is 19.0. The lowest BCUT2D eigenvalue weighted by atomic mass is 9.83. The fourth-order valence-electron chi connectivity index (χ4n) is 5.57. The number of fused-ring (bicyclic) bond motifs is 7. The van der Waals surface area contributed by atoms with E-state index >= 15 is 0 Å². The van der Waals surface area contributed by atoms with Crippen LogP contribution in [-0.2, 0) is 6.54 Å². The zero-order valence-corrected chi connectivity index (χ0v) is 19.9. The van der Waals surface area contributed by atoms with Crippen molar-refractivity contribution in [1.82, 2.24) is 4.90 Å². The molecule has 2 aliphatic heterocycles. The number of benzene rings is 3. The highest BCUT2D eigenvalue weighted by molar-refractivity contribution is 7.12. The first-order valence-electron chi connectivity index (χ1n) is 11.4. The zero-order chi connectivity index (χ0) is 23.4. The van der Waals surface area contributed by atoms with Crippen LogP contribution in [-0.4, -0.2) is 42.8 Å². The number of ether oxygens (including phenoxy) is 3. The van der Waals surface area contributed by atoms with E-state index in [0.717, 1.165) is 58.6 Å². The Kier molecular flexibility index (Phi) is 5.21. The second-order valence-corrected chi connectivity index (χ2v) is 9.79. The van der Waals surface area contributed by atoms with Crippen LogP contribution in [0.4, 0.5) is 0 Å². The molecule has 174 valence electrons. The van der Waals surface area contributed by atoms with Gasteiger partial charge in [-0.2, -0.15) is 0 Å². The van der Waals surface area contributed by atoms with Gasteiger partial charge in [0.05, 0.1) is 20.3 Å². The minimum atomic E-state index is -0.578. The van der Waals surface area contributed by atoms with Gasteiger partial charge in [-0.25, -0.2) is 4.79 Å². The predicted molar refractivity (Wildman–Crippen MR) is 132 cm³/mol. The second-order valence-electron chi connectivity index (χ2n) is 8.84. The Balaban J connectivity index is 1.59. The highest BCUT2D eigenvalue weighted by Crippen LogP contribution is 2.47. The van der Waals surface area contributed by atoms with Gasteiger partial charge in [0, 0.05) is 12.6 Å². The highest BCUT2D eigenvalue weighted by atomic mass is 32.1. The Morgan fingerprint density at radius 3 is 2.53 bits per heavy atom. The van der Waals surface area contributed by atoms with E-state index in [-0.39, 0.29) is 12.0 Å². The number of thiophene rings is 1. The molecule has 3 aromatic carbocycles. The van der Waals surface area contributed by atoms with Crippen molar-refractivity contribution < 1.29 is 24.1 Å². The van der Waals surface area contributed by atoms with Gasteiger partial charge in [0.2, 0.25) is 0 Å². The maximum atomic E-state index is 12.6. The van der Waals surface area contributed by atoms with Crippen LogP contribution in [0.2, 0.25) is 0 Å². The molecule has 0 aliphatic carbocycles. The molecule has 0 bridgehead atoms. The predicted octanol–water partition coefficient (Wildman–Crippen LogP) is 5.30. The number of hydrogen-bond donors (Lipinski definition) is 1. The van der Waals surface area contributed by atoms with E-state index in [1.54, 1.807) is 20.3 Å². The van der Waals surface area contributed by atoms with E-state index in [4.69, 9.17) is 14.2 Å². The first-order chi connectivity index (χ1) is 16.6. The van der Waals surface area contributed by atoms with E-state index < -0.39 is 6.10 Å². The number of carbonyl (C=O) groups is 1. The Labute approximate surface area is 201 Å². The number of esters is 1. The van der Waals surface area contributed by atoms with Gasteiger partial charge in [-0.15, -0.1) is 11.3 Å². The minimum absolute atomic E-state index is 0.129. The van der Waals surface area contributed by atoms with Crippen LogP contribution in [0.3, 0.4) is 0 Å². The second kappa shape index (κ2) is 8.27. The molecular weight excluding hydrogens is 450 g/mol. The van der Waals surface area contributed by atoms with E-state index in [0.29, 0.717) is 22.1 Å². The third-order valence-electron chi connectivity index (χ3n) is 7.11. The first-order valence-corrected chi connectivity index (χ1v) is 12.3. The van der Waals surface area contributed by atoms with E-state index in [1.807, 2.05) is 41.8 Å². The number of carbonyl (C=O) groups excluding carboxylic acids is 1. The molecule has 0 saturated carbocycles. The van der Waals surface area contributed by atoms with Gasteiger partial charge in [0.1, 0.15) is 10.6 Å². The minimum Gasteiger partial charge on any atom is -0.493 e. The van der Waals surface area contributed by atoms with Crippen LogP contribution in [0.25, 0.3) is 21.5 Å². The molecule has 3 heterocycles. The third kappa shape index (κ3) is 3.27. The Bertz CT molecular complexity index is 1410. The summed E-state index contributed by atoms with van der Waals surface area (Å²) in [4.78, 5) is 15.5. The Hall–Kier alpha value is -3.13. The molecule has 6 rings (SSSR count). The Morgan fingerprint density at radius 2 is 1.79 bits per heavy atom. The molecule has 1 saturated heterocycles. The van der Waals surface area contributed by atoms with Crippen molar-refractivity contribution >= 4 is 38.9 Å². The number of aliphatic hydroxyl groups is 1. The largest absolute Gasteiger partial charge is 0.493 e. The summed E-state index contributed by atoms with van der Waals surface area (Å²) >= 11 is 1.35. The lowest BCUT2D eigenvalue weighted by molar-refractivity contribution is 0.0552. The van der Waals surface area contributed by atoms with Gasteiger partial charge >= 0.3 is 5.97 Å². The summed E-state index contributed by atoms with van der Waals surface area (Å²) in [6.45, 7) is 1.78. The van der Waals surface area contributed by atoms with Crippen LogP contribution in [0.5, 0.6) is 17.2 Å². The average molecular weight is 476 g/mol. The monoisotopic (exact) mass is 475 g/mol. The maximum Gasteiger partial charge on any atom is 0.353 e. The van der Waals surface area contributed by atoms with Crippen LogP contribution >= 0.6 is 11.3 Å². The van der Waals surface area contributed by atoms with Gasteiger partial charge in [-0.05, 0) is 87.8 Å². The summed E-state index contributed by atoms with van der Waals surface area (Å²) in [6, 6.07) is 13.4. The standard InChI is InChI=1S/C27H25NO5S/c1-31-22-12-18-17-11-15(33-27(30)24-6-4-10-34-24)7-8-16(17)25-20(19(18)13-23(22)32-2)14-28-9-3-5-21(28)26(25)29/h4,6-8,10-13,21,26,29H,3,5,9,14H2,1-2H3/t21-,26+/m0/s1. The molecule has 1 aromatic heterocycles. The SMILES string of the molecule is COc1cc2c3c(c4ccc(OC(=O)c5cccs5)cc4c2cc1OC)[C@H](O)[C@@H]1CCCN1C3. The van der Waals surface area contributed by atoms with E-state index in [2.05, 4.69) is 4.90 Å². The molecule has 0 radical (unpaired) electrons. The summed E-state index contributed by atoms with van der Waals surface area (Å²) in [7, 11) is 3.25. The normalized spacial score (nSPS) is 19.7. The summed E-state index contributed by atoms with van der Waals surface area (Å²) in [5, 5.41) is 17.2. The van der Waals surface area contributed by atoms with E-state index in [1.165, 1.54) is 11.3 Å². The average Bonchev–Trinajstić information content (AvgIpc) is 3.56. The van der Waals surface area contributed by atoms with Gasteiger partial charge in [-0.3, -0.25) is 4.90 Å². The molecular formula is C27H25NO5S. The van der Waals surface area contributed by atoms with Crippen LogP contribution in [0.15, 0.2) is 47.8 Å². The topological polar surface area (TPSA) is 68.2 Å². The van der Waals surface area contributed by atoms with Crippen molar-refractivity contribution in [2.24, 2.45) is 0 Å². The fraction of sp³-hybridized carbons (Fsp3) is 0.296. The molecule has 2 atom stereocenters. The molecule has 0 spiro atoms. The van der Waals surface area contributed by atoms with Crippen LogP contribution < -0.4 is 14.2 Å². The lowest BCUT2D eigenvalue weighted by Gasteiger charge is -2.37. The van der Waals surface area contributed by atoms with Crippen LogP contribution in [0.1, 0.15) is 39.7 Å². The number of aliphatic hydroxyl groups excluding tert-OH is 1. The summed E-state index contributed by atoms with van der Waals surface area (Å²) in [5.74, 6) is 1.37. The smallest absolute Gasteiger partial charge is 0.353 e. The molecule has 0 amide bonds. The van der Waals surface area contributed by atoms with Crippen molar-refractivity contribution in [2.75, 3.05) is 20.8 Å². The van der Waals surface area contributed by atoms with Crippen molar-refractivity contribution in [2.45, 2.75) is 31.5 Å². The molecule has 7 heteroatoms. The van der Waals surface area contributed by atoms with Gasteiger partial charge in [0.25, 0.3) is 0 Å². The Morgan fingerprint density at radius 1 is 1.03 bits per heavy atom. The number of hydrogen-bond acceptors (Lipinski definition) is 7. The van der Waals surface area contributed by atoms with Crippen molar-refractivity contribution in [1.29, 1.82) is 0 Å². The van der Waals surface area contributed by atoms with Gasteiger partial charge in [0.15, 0.2) is 11.5 Å². The van der Waals surface area contributed by atoms with Gasteiger partial charge < -0.3 is 19.3 Å². The number of rotatable bonds is 4. The maximum absolute atomic E-state index is 12.6. The molecule has 2 aliphatic rings. The number of methoxy groups -OCH3 is 2. The van der Waals surface area contributed by atoms with Crippen molar-refractivity contribution in [3.63, 3.8) is 0 Å². The molecule has 4 aromatic rings. The summed E-state index contributed by atoms with van der Waals surface area (Å²) in [6.07, 6.45) is 1.50. The molecule has 6 nitrogen and oxygen atoms in total. The molecule has 1 N–H and O–H groups in total. The molecule has 34 heavy (non-hydrogen) atoms. The van der Waals surface area contributed by atoms with Crippen LogP contribution in [0, 0.1) is 0 Å². The first kappa shape index (κ1) is 21.4. The van der Waals surface area contributed by atoms with Gasteiger partial charge in [-0.1, -0.05) is 12.1 Å².